The molecule has 3 aromatic rings. The molecular formula is C18H14FN3O2S. The van der Waals surface area contributed by atoms with Gasteiger partial charge in [0, 0.05) is 11.9 Å². The van der Waals surface area contributed by atoms with Crippen molar-refractivity contribution in [3.8, 4) is 17.3 Å². The first kappa shape index (κ1) is 16.7. The zero-order valence-corrected chi connectivity index (χ0v) is 14.1. The van der Waals surface area contributed by atoms with E-state index in [4.69, 9.17) is 5.26 Å². The molecule has 0 bridgehead atoms. The van der Waals surface area contributed by atoms with Crippen LogP contribution in [0.5, 0.6) is 0 Å². The second kappa shape index (κ2) is 6.42. The van der Waals surface area contributed by atoms with E-state index in [-0.39, 0.29) is 16.1 Å². The van der Waals surface area contributed by atoms with Gasteiger partial charge in [-0.25, -0.2) is 12.8 Å². The van der Waals surface area contributed by atoms with Crippen LogP contribution in [0.25, 0.3) is 11.3 Å². The molecule has 3 rings (SSSR count). The van der Waals surface area contributed by atoms with Crippen LogP contribution in [-0.2, 0) is 10.0 Å². The summed E-state index contributed by atoms with van der Waals surface area (Å²) in [6.07, 6.45) is 1.35. The minimum absolute atomic E-state index is 0.00670. The lowest BCUT2D eigenvalue weighted by Crippen LogP contribution is -2.13. The fraction of sp³-hybridized carbons (Fsp3) is 0.0556. The second-order valence-corrected chi connectivity index (χ2v) is 7.21. The zero-order valence-electron chi connectivity index (χ0n) is 13.2. The molecule has 25 heavy (non-hydrogen) atoms. The van der Waals surface area contributed by atoms with E-state index in [1.54, 1.807) is 6.07 Å². The van der Waals surface area contributed by atoms with Crippen LogP contribution in [0.3, 0.4) is 0 Å². The Balaban J connectivity index is 1.90. The van der Waals surface area contributed by atoms with Crippen molar-refractivity contribution >= 4 is 15.7 Å². The summed E-state index contributed by atoms with van der Waals surface area (Å²) in [5, 5.41) is 8.73. The SMILES string of the molecule is Cc1cccc(-c2cc(S(=O)(=O)Nc3ccc(C#N)cc3F)c[nH]2)c1. The summed E-state index contributed by atoms with van der Waals surface area (Å²) in [5.41, 5.74) is 2.45. The number of aryl methyl sites for hydroxylation is 1. The highest BCUT2D eigenvalue weighted by Gasteiger charge is 2.18. The number of hydrogen-bond acceptors (Lipinski definition) is 3. The highest BCUT2D eigenvalue weighted by Crippen LogP contribution is 2.25. The fourth-order valence-corrected chi connectivity index (χ4v) is 3.44. The molecule has 0 amide bonds. The van der Waals surface area contributed by atoms with Gasteiger partial charge in [0.05, 0.1) is 17.3 Å². The first-order valence-corrected chi connectivity index (χ1v) is 8.85. The van der Waals surface area contributed by atoms with Crippen molar-refractivity contribution in [3.05, 3.63) is 71.7 Å². The van der Waals surface area contributed by atoms with Crippen LogP contribution in [0.2, 0.25) is 0 Å². The first-order chi connectivity index (χ1) is 11.9. The van der Waals surface area contributed by atoms with Gasteiger partial charge in [0.15, 0.2) is 0 Å². The Kier molecular flexibility index (Phi) is 4.30. The third-order valence-corrected chi connectivity index (χ3v) is 4.98. The number of hydrogen-bond donors (Lipinski definition) is 2. The van der Waals surface area contributed by atoms with Gasteiger partial charge in [-0.1, -0.05) is 23.8 Å². The summed E-state index contributed by atoms with van der Waals surface area (Å²) in [5.74, 6) is -0.808. The largest absolute Gasteiger partial charge is 0.360 e. The third kappa shape index (κ3) is 3.54. The topological polar surface area (TPSA) is 85.8 Å². The predicted molar refractivity (Wildman–Crippen MR) is 92.9 cm³/mol. The number of anilines is 1. The molecule has 1 heterocycles. The molecule has 126 valence electrons. The minimum Gasteiger partial charge on any atom is -0.360 e. The van der Waals surface area contributed by atoms with Crippen molar-refractivity contribution in [2.45, 2.75) is 11.8 Å². The maximum absolute atomic E-state index is 13.9. The lowest BCUT2D eigenvalue weighted by Gasteiger charge is -2.07. The van der Waals surface area contributed by atoms with Gasteiger partial charge in [0.2, 0.25) is 0 Å². The van der Waals surface area contributed by atoms with Crippen molar-refractivity contribution in [3.63, 3.8) is 0 Å². The molecule has 2 N–H and O–H groups in total. The Morgan fingerprint density at radius 1 is 1.16 bits per heavy atom. The summed E-state index contributed by atoms with van der Waals surface area (Å²) in [7, 11) is -3.96. The van der Waals surface area contributed by atoms with Crippen molar-refractivity contribution in [1.29, 1.82) is 5.26 Å². The molecule has 0 aliphatic rings. The first-order valence-electron chi connectivity index (χ1n) is 7.37. The van der Waals surface area contributed by atoms with Gasteiger partial charge in [-0.2, -0.15) is 5.26 Å². The molecule has 0 fully saturated rings. The van der Waals surface area contributed by atoms with E-state index < -0.39 is 15.8 Å². The van der Waals surface area contributed by atoms with Gasteiger partial charge in [0.1, 0.15) is 10.7 Å². The molecule has 0 spiro atoms. The molecule has 0 saturated heterocycles. The van der Waals surface area contributed by atoms with Gasteiger partial charge in [0.25, 0.3) is 10.0 Å². The molecular weight excluding hydrogens is 341 g/mol. The monoisotopic (exact) mass is 355 g/mol. The number of benzene rings is 2. The smallest absolute Gasteiger partial charge is 0.263 e. The molecule has 0 aliphatic heterocycles. The van der Waals surface area contributed by atoms with Crippen LogP contribution in [0, 0.1) is 24.1 Å². The Morgan fingerprint density at radius 2 is 1.96 bits per heavy atom. The molecule has 1 aromatic heterocycles. The average Bonchev–Trinajstić information content (AvgIpc) is 3.07. The molecule has 0 aliphatic carbocycles. The van der Waals surface area contributed by atoms with Gasteiger partial charge >= 0.3 is 0 Å². The number of nitriles is 1. The lowest BCUT2D eigenvalue weighted by molar-refractivity contribution is 0.598. The third-order valence-electron chi connectivity index (χ3n) is 3.64. The van der Waals surface area contributed by atoms with E-state index in [0.29, 0.717) is 5.69 Å². The normalized spacial score (nSPS) is 11.1. The standard InChI is InChI=1S/C18H14FN3O2S/c1-12-3-2-4-14(7-12)18-9-15(11-21-18)25(23,24)22-17-6-5-13(10-20)8-16(17)19/h2-9,11,21-22H,1H3. The number of aromatic amines is 1. The van der Waals surface area contributed by atoms with Crippen LogP contribution in [0.4, 0.5) is 10.1 Å². The summed E-state index contributed by atoms with van der Waals surface area (Å²) in [6, 6.07) is 14.4. The molecule has 0 unspecified atom stereocenters. The molecule has 0 saturated carbocycles. The highest BCUT2D eigenvalue weighted by atomic mass is 32.2. The van der Waals surface area contributed by atoms with Crippen LogP contribution in [0.1, 0.15) is 11.1 Å². The van der Waals surface area contributed by atoms with E-state index >= 15 is 0 Å². The van der Waals surface area contributed by atoms with Gasteiger partial charge in [-0.15, -0.1) is 0 Å². The minimum atomic E-state index is -3.96. The number of H-pyrrole nitrogens is 1. The maximum atomic E-state index is 13.9. The van der Waals surface area contributed by atoms with E-state index in [9.17, 15) is 12.8 Å². The molecule has 0 radical (unpaired) electrons. The van der Waals surface area contributed by atoms with Crippen molar-refractivity contribution in [2.75, 3.05) is 4.72 Å². The number of sulfonamides is 1. The summed E-state index contributed by atoms with van der Waals surface area (Å²) >= 11 is 0. The number of aromatic nitrogens is 1. The molecule has 7 heteroatoms. The Hall–Kier alpha value is -3.11. The summed E-state index contributed by atoms with van der Waals surface area (Å²) in [4.78, 5) is 2.91. The van der Waals surface area contributed by atoms with Gasteiger partial charge in [-0.3, -0.25) is 4.72 Å². The fourth-order valence-electron chi connectivity index (χ4n) is 2.38. The summed E-state index contributed by atoms with van der Waals surface area (Å²) < 4.78 is 41.0. The van der Waals surface area contributed by atoms with Crippen molar-refractivity contribution in [2.24, 2.45) is 0 Å². The van der Waals surface area contributed by atoms with Crippen LogP contribution < -0.4 is 4.72 Å². The highest BCUT2D eigenvalue weighted by molar-refractivity contribution is 7.92. The Morgan fingerprint density at radius 3 is 2.64 bits per heavy atom. The Bertz CT molecular complexity index is 1080. The molecule has 5 nitrogen and oxygen atoms in total. The molecule has 2 aromatic carbocycles. The van der Waals surface area contributed by atoms with Crippen LogP contribution in [0.15, 0.2) is 59.6 Å². The van der Waals surface area contributed by atoms with E-state index in [1.807, 2.05) is 31.2 Å². The average molecular weight is 355 g/mol. The van der Waals surface area contributed by atoms with Crippen LogP contribution >= 0.6 is 0 Å². The van der Waals surface area contributed by atoms with Gasteiger partial charge in [-0.05, 0) is 42.8 Å². The van der Waals surface area contributed by atoms with Gasteiger partial charge < -0.3 is 4.98 Å². The van der Waals surface area contributed by atoms with E-state index in [1.165, 1.54) is 24.4 Å². The van der Waals surface area contributed by atoms with E-state index in [0.717, 1.165) is 17.2 Å². The maximum Gasteiger partial charge on any atom is 0.263 e. The quantitative estimate of drug-likeness (QED) is 0.746. The zero-order chi connectivity index (χ0) is 18.0. The summed E-state index contributed by atoms with van der Waals surface area (Å²) in [6.45, 7) is 1.94. The van der Waals surface area contributed by atoms with Crippen LogP contribution in [-0.4, -0.2) is 13.4 Å². The van der Waals surface area contributed by atoms with E-state index in [2.05, 4.69) is 9.71 Å². The van der Waals surface area contributed by atoms with Crippen molar-refractivity contribution in [1.82, 2.24) is 4.98 Å². The number of nitrogens with one attached hydrogen (secondary N) is 2. The molecule has 0 atom stereocenters. The lowest BCUT2D eigenvalue weighted by atomic mass is 10.1. The Labute approximate surface area is 144 Å². The second-order valence-electron chi connectivity index (χ2n) is 5.53. The predicted octanol–water partition coefficient (Wildman–Crippen LogP) is 3.80. The number of rotatable bonds is 4. The number of nitrogens with zero attached hydrogens (tertiary/aromatic N) is 1. The van der Waals surface area contributed by atoms with Crippen molar-refractivity contribution < 1.29 is 12.8 Å². The number of halogens is 1.